The summed E-state index contributed by atoms with van der Waals surface area (Å²) in [6, 6.07) is 8.90. The second-order valence-electron chi connectivity index (χ2n) is 3.72. The van der Waals surface area contributed by atoms with Crippen LogP contribution < -0.4 is 0 Å². The fourth-order valence-electron chi connectivity index (χ4n) is 1.88. The average molecular weight is 230 g/mol. The topological polar surface area (TPSA) is 17.3 Å². The van der Waals surface area contributed by atoms with Crippen molar-refractivity contribution in [3.63, 3.8) is 0 Å². The van der Waals surface area contributed by atoms with E-state index in [1.807, 2.05) is 6.07 Å². The summed E-state index contributed by atoms with van der Waals surface area (Å²) in [5.41, 5.74) is 1.94. The lowest BCUT2D eigenvalue weighted by molar-refractivity contribution is 0.584. The van der Waals surface area contributed by atoms with E-state index in [0.717, 1.165) is 11.7 Å². The van der Waals surface area contributed by atoms with Crippen LogP contribution >= 0.6 is 0 Å². The predicted molar refractivity (Wildman–Crippen MR) is 60.5 cm³/mol. The van der Waals surface area contributed by atoms with Crippen LogP contribution in [0.4, 0.5) is 8.78 Å². The van der Waals surface area contributed by atoms with Gasteiger partial charge in [0.25, 0.3) is 0 Å². The van der Waals surface area contributed by atoms with Crippen LogP contribution in [0.25, 0.3) is 16.9 Å². The second-order valence-corrected chi connectivity index (χ2v) is 3.72. The van der Waals surface area contributed by atoms with Crippen molar-refractivity contribution in [2.45, 2.75) is 0 Å². The molecule has 4 heteroatoms. The Bertz CT molecular complexity index is 668. The molecule has 2 nitrogen and oxygen atoms in total. The van der Waals surface area contributed by atoms with Gasteiger partial charge in [-0.1, -0.05) is 6.07 Å². The molecule has 0 saturated heterocycles. The molecule has 2 heterocycles. The van der Waals surface area contributed by atoms with Gasteiger partial charge >= 0.3 is 0 Å². The Hall–Kier alpha value is -2.23. The molecule has 0 spiro atoms. The molecule has 17 heavy (non-hydrogen) atoms. The summed E-state index contributed by atoms with van der Waals surface area (Å²) in [7, 11) is 0. The van der Waals surface area contributed by atoms with Gasteiger partial charge in [-0.25, -0.2) is 13.8 Å². The molecule has 2 aromatic heterocycles. The zero-order valence-electron chi connectivity index (χ0n) is 8.77. The van der Waals surface area contributed by atoms with Gasteiger partial charge in [0, 0.05) is 24.0 Å². The summed E-state index contributed by atoms with van der Waals surface area (Å²) < 4.78 is 28.1. The first-order valence-electron chi connectivity index (χ1n) is 5.12. The average Bonchev–Trinajstić information content (AvgIpc) is 2.75. The largest absolute Gasteiger partial charge is 0.300 e. The maximum Gasteiger partial charge on any atom is 0.137 e. The Kier molecular flexibility index (Phi) is 2.14. The minimum absolute atomic E-state index is 0.492. The van der Waals surface area contributed by atoms with Crippen molar-refractivity contribution in [3.8, 4) is 11.3 Å². The third-order valence-electron chi connectivity index (χ3n) is 2.59. The van der Waals surface area contributed by atoms with E-state index in [-0.39, 0.29) is 0 Å². The summed E-state index contributed by atoms with van der Waals surface area (Å²) in [6.07, 6.45) is 3.40. The zero-order chi connectivity index (χ0) is 11.8. The molecule has 0 atom stereocenters. The Morgan fingerprint density at radius 1 is 1.00 bits per heavy atom. The van der Waals surface area contributed by atoms with Crippen LogP contribution in [0.2, 0.25) is 0 Å². The van der Waals surface area contributed by atoms with Gasteiger partial charge in [-0.15, -0.1) is 0 Å². The van der Waals surface area contributed by atoms with Crippen molar-refractivity contribution in [3.05, 3.63) is 60.4 Å². The molecule has 84 valence electrons. The van der Waals surface area contributed by atoms with Gasteiger partial charge in [-0.2, -0.15) is 0 Å². The van der Waals surface area contributed by atoms with Crippen LogP contribution in [0, 0.1) is 11.6 Å². The molecule has 3 rings (SSSR count). The van der Waals surface area contributed by atoms with Crippen molar-refractivity contribution in [1.29, 1.82) is 0 Å². The quantitative estimate of drug-likeness (QED) is 0.627. The number of hydrogen-bond acceptors (Lipinski definition) is 1. The third-order valence-corrected chi connectivity index (χ3v) is 2.59. The summed E-state index contributed by atoms with van der Waals surface area (Å²) in [5, 5.41) is 0. The second kappa shape index (κ2) is 3.66. The molecule has 0 unspecified atom stereocenters. The van der Waals surface area contributed by atoms with Crippen LogP contribution in [0.1, 0.15) is 0 Å². The minimum Gasteiger partial charge on any atom is -0.300 e. The number of benzene rings is 1. The highest BCUT2D eigenvalue weighted by molar-refractivity contribution is 5.63. The maximum absolute atomic E-state index is 13.2. The number of hydrogen-bond donors (Lipinski definition) is 0. The standard InChI is InChI=1S/C13H8F2N2/c14-10-6-9(7-11(15)8-10)12-2-1-3-13-16-4-5-17(12)13/h1-8H. The number of imidazole rings is 1. The van der Waals surface area contributed by atoms with Crippen LogP contribution in [-0.2, 0) is 0 Å². The van der Waals surface area contributed by atoms with Gasteiger partial charge in [0.05, 0.1) is 5.69 Å². The van der Waals surface area contributed by atoms with Gasteiger partial charge < -0.3 is 0 Å². The number of fused-ring (bicyclic) bond motifs is 1. The highest BCUT2D eigenvalue weighted by atomic mass is 19.1. The Morgan fingerprint density at radius 2 is 1.76 bits per heavy atom. The third kappa shape index (κ3) is 1.67. The summed E-state index contributed by atoms with van der Waals surface area (Å²) in [6.45, 7) is 0. The molecule has 0 aliphatic rings. The first-order chi connectivity index (χ1) is 8.24. The van der Waals surface area contributed by atoms with E-state index < -0.39 is 11.6 Å². The lowest BCUT2D eigenvalue weighted by Crippen LogP contribution is -1.92. The van der Waals surface area contributed by atoms with Crippen LogP contribution in [0.5, 0.6) is 0 Å². The molecule has 0 aliphatic heterocycles. The number of aromatic nitrogens is 2. The van der Waals surface area contributed by atoms with E-state index >= 15 is 0 Å². The molecule has 0 amide bonds. The fraction of sp³-hybridized carbons (Fsp3) is 0. The van der Waals surface area contributed by atoms with Crippen molar-refractivity contribution in [1.82, 2.24) is 9.38 Å². The highest BCUT2D eigenvalue weighted by Gasteiger charge is 2.06. The Labute approximate surface area is 96.2 Å². The monoisotopic (exact) mass is 230 g/mol. The first kappa shape index (κ1) is 9.96. The maximum atomic E-state index is 13.2. The van der Waals surface area contributed by atoms with E-state index in [1.165, 1.54) is 12.1 Å². The lowest BCUT2D eigenvalue weighted by atomic mass is 10.1. The summed E-state index contributed by atoms with van der Waals surface area (Å²) >= 11 is 0. The lowest BCUT2D eigenvalue weighted by Gasteiger charge is -2.05. The van der Waals surface area contributed by atoms with Gasteiger partial charge in [0.2, 0.25) is 0 Å². The number of nitrogens with zero attached hydrogens (tertiary/aromatic N) is 2. The predicted octanol–water partition coefficient (Wildman–Crippen LogP) is 3.28. The van der Waals surface area contributed by atoms with Crippen molar-refractivity contribution in [2.24, 2.45) is 0 Å². The molecule has 0 saturated carbocycles. The number of halogens is 2. The minimum atomic E-state index is -0.586. The highest BCUT2D eigenvalue weighted by Crippen LogP contribution is 2.22. The van der Waals surface area contributed by atoms with E-state index in [2.05, 4.69) is 4.98 Å². The molecule has 0 aliphatic carbocycles. The molecule has 3 aromatic rings. The Balaban J connectivity index is 2.30. The van der Waals surface area contributed by atoms with Gasteiger partial charge in [-0.3, -0.25) is 4.40 Å². The van der Waals surface area contributed by atoms with Crippen LogP contribution in [-0.4, -0.2) is 9.38 Å². The Morgan fingerprint density at radius 3 is 2.53 bits per heavy atom. The van der Waals surface area contributed by atoms with E-state index in [1.54, 1.807) is 28.9 Å². The van der Waals surface area contributed by atoms with Crippen molar-refractivity contribution >= 4 is 5.65 Å². The van der Waals surface area contributed by atoms with Gasteiger partial charge in [-0.05, 0) is 24.3 Å². The van der Waals surface area contributed by atoms with Gasteiger partial charge in [0.1, 0.15) is 17.3 Å². The normalized spacial score (nSPS) is 10.9. The smallest absolute Gasteiger partial charge is 0.137 e. The molecular formula is C13H8F2N2. The fourth-order valence-corrected chi connectivity index (χ4v) is 1.88. The number of pyridine rings is 1. The SMILES string of the molecule is Fc1cc(F)cc(-c2cccc3nccn23)c1. The van der Waals surface area contributed by atoms with Crippen LogP contribution in [0.3, 0.4) is 0 Å². The van der Waals surface area contributed by atoms with Crippen molar-refractivity contribution < 1.29 is 8.78 Å². The molecule has 1 aromatic carbocycles. The van der Waals surface area contributed by atoms with E-state index in [9.17, 15) is 8.78 Å². The zero-order valence-corrected chi connectivity index (χ0v) is 8.77. The van der Waals surface area contributed by atoms with Crippen LogP contribution in [0.15, 0.2) is 48.8 Å². The molecule has 0 radical (unpaired) electrons. The molecule has 0 fully saturated rings. The molecular weight excluding hydrogens is 222 g/mol. The first-order valence-corrected chi connectivity index (χ1v) is 5.12. The summed E-state index contributed by atoms with van der Waals surface area (Å²) in [4.78, 5) is 4.13. The molecule has 0 N–H and O–H groups in total. The van der Waals surface area contributed by atoms with E-state index in [0.29, 0.717) is 11.3 Å². The summed E-state index contributed by atoms with van der Waals surface area (Å²) in [5.74, 6) is -1.17. The van der Waals surface area contributed by atoms with Crippen molar-refractivity contribution in [2.75, 3.05) is 0 Å². The van der Waals surface area contributed by atoms with E-state index in [4.69, 9.17) is 0 Å². The number of rotatable bonds is 1. The molecule has 0 bridgehead atoms. The van der Waals surface area contributed by atoms with Gasteiger partial charge in [0.15, 0.2) is 0 Å².